The van der Waals surface area contributed by atoms with Crippen LogP contribution in [0.3, 0.4) is 0 Å². The predicted molar refractivity (Wildman–Crippen MR) is 71.0 cm³/mol. The lowest BCUT2D eigenvalue weighted by atomic mass is 10.2. The van der Waals surface area contributed by atoms with E-state index in [0.717, 1.165) is 17.1 Å². The van der Waals surface area contributed by atoms with Crippen molar-refractivity contribution in [3.8, 4) is 0 Å². The van der Waals surface area contributed by atoms with Crippen LogP contribution in [0.5, 0.6) is 0 Å². The van der Waals surface area contributed by atoms with Crippen molar-refractivity contribution in [3.63, 3.8) is 0 Å². The normalized spacial score (nSPS) is 10.5. The highest BCUT2D eigenvalue weighted by molar-refractivity contribution is 6.30. The summed E-state index contributed by atoms with van der Waals surface area (Å²) in [6.45, 7) is 3.64. The first-order valence-electron chi connectivity index (χ1n) is 5.49. The van der Waals surface area contributed by atoms with Crippen LogP contribution in [0.25, 0.3) is 0 Å². The van der Waals surface area contributed by atoms with Gasteiger partial charge in [-0.2, -0.15) is 0 Å². The Labute approximate surface area is 110 Å². The largest absolute Gasteiger partial charge is 0.329 e. The Balaban J connectivity index is 2.45. The molecule has 1 aromatic carbocycles. The Kier molecular flexibility index (Phi) is 3.48. The van der Waals surface area contributed by atoms with E-state index >= 15 is 0 Å². The second kappa shape index (κ2) is 4.90. The van der Waals surface area contributed by atoms with Crippen LogP contribution in [0.4, 0.5) is 15.9 Å². The lowest BCUT2D eigenvalue weighted by molar-refractivity contribution is 0.628. The van der Waals surface area contributed by atoms with Gasteiger partial charge in [-0.1, -0.05) is 11.6 Å². The van der Waals surface area contributed by atoms with Crippen molar-refractivity contribution in [2.24, 2.45) is 0 Å². The Hall–Kier alpha value is -1.68. The van der Waals surface area contributed by atoms with Crippen molar-refractivity contribution in [3.05, 3.63) is 46.6 Å². The summed E-state index contributed by atoms with van der Waals surface area (Å²) in [5.41, 5.74) is 1.64. The summed E-state index contributed by atoms with van der Waals surface area (Å²) in [4.78, 5) is 10.3. The molecule has 1 aromatic heterocycles. The molecule has 0 amide bonds. The third-order valence-corrected chi connectivity index (χ3v) is 3.07. The van der Waals surface area contributed by atoms with Crippen LogP contribution in [-0.2, 0) is 0 Å². The molecule has 0 spiro atoms. The molecular formula is C13H13ClFN3. The fourth-order valence-electron chi connectivity index (χ4n) is 1.69. The first-order valence-corrected chi connectivity index (χ1v) is 5.87. The zero-order valence-corrected chi connectivity index (χ0v) is 11.2. The first kappa shape index (κ1) is 12.8. The fourth-order valence-corrected chi connectivity index (χ4v) is 1.90. The van der Waals surface area contributed by atoms with Gasteiger partial charge in [0.05, 0.1) is 0 Å². The predicted octanol–water partition coefficient (Wildman–Crippen LogP) is 3.65. The minimum atomic E-state index is -0.263. The topological polar surface area (TPSA) is 29.0 Å². The molecule has 0 N–H and O–H groups in total. The number of aromatic nitrogens is 2. The van der Waals surface area contributed by atoms with Crippen LogP contribution in [0.2, 0.25) is 5.15 Å². The van der Waals surface area contributed by atoms with Gasteiger partial charge in [0.25, 0.3) is 0 Å². The van der Waals surface area contributed by atoms with Gasteiger partial charge in [0, 0.05) is 18.3 Å². The number of halogens is 2. The molecule has 0 aliphatic rings. The number of hydrogen-bond acceptors (Lipinski definition) is 3. The van der Waals surface area contributed by atoms with Crippen LogP contribution in [-0.4, -0.2) is 17.0 Å². The monoisotopic (exact) mass is 265 g/mol. The molecule has 1 heterocycles. The molecule has 0 bridgehead atoms. The second-order valence-corrected chi connectivity index (χ2v) is 4.40. The van der Waals surface area contributed by atoms with Gasteiger partial charge in [-0.25, -0.2) is 14.4 Å². The Bertz CT molecular complexity index is 569. The van der Waals surface area contributed by atoms with Gasteiger partial charge in [0.1, 0.15) is 22.6 Å². The van der Waals surface area contributed by atoms with Crippen LogP contribution >= 0.6 is 11.6 Å². The van der Waals surface area contributed by atoms with Gasteiger partial charge in [-0.15, -0.1) is 0 Å². The summed E-state index contributed by atoms with van der Waals surface area (Å²) in [6, 6.07) is 6.22. The van der Waals surface area contributed by atoms with Gasteiger partial charge in [-0.3, -0.25) is 0 Å². The first-order chi connectivity index (χ1) is 8.49. The number of anilines is 2. The average Bonchev–Trinajstić information content (AvgIpc) is 2.34. The highest BCUT2D eigenvalue weighted by atomic mass is 35.5. The summed E-state index contributed by atoms with van der Waals surface area (Å²) in [7, 11) is 1.86. The lowest BCUT2D eigenvalue weighted by Gasteiger charge is -2.21. The van der Waals surface area contributed by atoms with Crippen molar-refractivity contribution in [2.45, 2.75) is 13.8 Å². The zero-order valence-electron chi connectivity index (χ0n) is 10.4. The van der Waals surface area contributed by atoms with E-state index in [1.54, 1.807) is 19.1 Å². The summed E-state index contributed by atoms with van der Waals surface area (Å²) in [5, 5.41) is 0.437. The minimum absolute atomic E-state index is 0.263. The van der Waals surface area contributed by atoms with Gasteiger partial charge < -0.3 is 4.90 Å². The van der Waals surface area contributed by atoms with E-state index in [-0.39, 0.29) is 5.82 Å². The zero-order chi connectivity index (χ0) is 13.3. The van der Waals surface area contributed by atoms with Crippen molar-refractivity contribution >= 4 is 23.1 Å². The van der Waals surface area contributed by atoms with Crippen molar-refractivity contribution in [1.82, 2.24) is 9.97 Å². The van der Waals surface area contributed by atoms with Gasteiger partial charge in [0.15, 0.2) is 0 Å². The summed E-state index contributed by atoms with van der Waals surface area (Å²) >= 11 is 6.04. The molecule has 0 unspecified atom stereocenters. The number of nitrogens with zero attached hydrogens (tertiary/aromatic N) is 3. The van der Waals surface area contributed by atoms with E-state index in [1.807, 2.05) is 18.9 Å². The molecule has 5 heteroatoms. The standard InChI is InChI=1S/C13H13ClFN3/c1-8-12(14)16-9(2)17-13(8)18(3)11-6-4-10(15)5-7-11/h4-7H,1-3H3. The summed E-state index contributed by atoms with van der Waals surface area (Å²) in [5.74, 6) is 1.06. The third-order valence-electron chi connectivity index (χ3n) is 2.70. The number of aryl methyl sites for hydroxylation is 1. The van der Waals surface area contributed by atoms with E-state index < -0.39 is 0 Å². The quantitative estimate of drug-likeness (QED) is 0.776. The smallest absolute Gasteiger partial charge is 0.140 e. The molecule has 0 saturated carbocycles. The third kappa shape index (κ3) is 2.43. The van der Waals surface area contributed by atoms with Crippen LogP contribution in [0.1, 0.15) is 11.4 Å². The van der Waals surface area contributed by atoms with E-state index in [0.29, 0.717) is 11.0 Å². The van der Waals surface area contributed by atoms with E-state index in [1.165, 1.54) is 12.1 Å². The number of benzene rings is 1. The maximum Gasteiger partial charge on any atom is 0.140 e. The van der Waals surface area contributed by atoms with Crippen LogP contribution in [0, 0.1) is 19.7 Å². The second-order valence-electron chi connectivity index (χ2n) is 4.05. The maximum atomic E-state index is 12.9. The SMILES string of the molecule is Cc1nc(Cl)c(C)c(N(C)c2ccc(F)cc2)n1. The molecule has 0 saturated heterocycles. The minimum Gasteiger partial charge on any atom is -0.329 e. The summed E-state index contributed by atoms with van der Waals surface area (Å²) < 4.78 is 12.9. The van der Waals surface area contributed by atoms with Crippen LogP contribution < -0.4 is 4.90 Å². The molecule has 0 aliphatic carbocycles. The van der Waals surface area contributed by atoms with Crippen molar-refractivity contribution in [2.75, 3.05) is 11.9 Å². The van der Waals surface area contributed by atoms with E-state index in [4.69, 9.17) is 11.6 Å². The fraction of sp³-hybridized carbons (Fsp3) is 0.231. The highest BCUT2D eigenvalue weighted by Gasteiger charge is 2.13. The van der Waals surface area contributed by atoms with E-state index in [2.05, 4.69) is 9.97 Å². The molecule has 0 fully saturated rings. The average molecular weight is 266 g/mol. The summed E-state index contributed by atoms with van der Waals surface area (Å²) in [6.07, 6.45) is 0. The number of rotatable bonds is 2. The molecular weight excluding hydrogens is 253 g/mol. The molecule has 3 nitrogen and oxygen atoms in total. The molecule has 2 aromatic rings. The molecule has 18 heavy (non-hydrogen) atoms. The van der Waals surface area contributed by atoms with Gasteiger partial charge in [-0.05, 0) is 38.1 Å². The molecule has 94 valence electrons. The lowest BCUT2D eigenvalue weighted by Crippen LogP contribution is -2.14. The van der Waals surface area contributed by atoms with Crippen molar-refractivity contribution in [1.29, 1.82) is 0 Å². The maximum absolute atomic E-state index is 12.9. The Morgan fingerprint density at radius 1 is 1.11 bits per heavy atom. The molecule has 2 rings (SSSR count). The molecule has 0 radical (unpaired) electrons. The number of hydrogen-bond donors (Lipinski definition) is 0. The highest BCUT2D eigenvalue weighted by Crippen LogP contribution is 2.28. The van der Waals surface area contributed by atoms with Gasteiger partial charge >= 0.3 is 0 Å². The van der Waals surface area contributed by atoms with Crippen LogP contribution in [0.15, 0.2) is 24.3 Å². The Morgan fingerprint density at radius 3 is 2.33 bits per heavy atom. The van der Waals surface area contributed by atoms with Gasteiger partial charge in [0.2, 0.25) is 0 Å². The molecule has 0 atom stereocenters. The molecule has 0 aliphatic heterocycles. The van der Waals surface area contributed by atoms with E-state index in [9.17, 15) is 4.39 Å². The van der Waals surface area contributed by atoms with Crippen molar-refractivity contribution < 1.29 is 4.39 Å². The Morgan fingerprint density at radius 2 is 1.72 bits per heavy atom.